The van der Waals surface area contributed by atoms with E-state index >= 15 is 0 Å². The number of hydrogen-bond acceptors (Lipinski definition) is 6. The van der Waals surface area contributed by atoms with Gasteiger partial charge in [-0.05, 0) is 61.0 Å². The van der Waals surface area contributed by atoms with E-state index in [2.05, 4.69) is 35.9 Å². The molecule has 2 unspecified atom stereocenters. The van der Waals surface area contributed by atoms with Crippen molar-refractivity contribution in [3.05, 3.63) is 33.5 Å². The summed E-state index contributed by atoms with van der Waals surface area (Å²) in [4.78, 5) is 28.1. The third-order valence-corrected chi connectivity index (χ3v) is 7.48. The van der Waals surface area contributed by atoms with Gasteiger partial charge in [-0.15, -0.1) is 0 Å². The van der Waals surface area contributed by atoms with Gasteiger partial charge >= 0.3 is 0 Å². The molecule has 0 saturated heterocycles. The molecule has 2 atom stereocenters. The highest BCUT2D eigenvalue weighted by Gasteiger charge is 2.44. The maximum Gasteiger partial charge on any atom is 0.261 e. The average Bonchev–Trinajstić information content (AvgIpc) is 3.20. The van der Waals surface area contributed by atoms with Gasteiger partial charge in [-0.2, -0.15) is 4.99 Å². The van der Waals surface area contributed by atoms with Crippen molar-refractivity contribution < 1.29 is 9.32 Å². The maximum absolute atomic E-state index is 13.1. The molecule has 2 aliphatic heterocycles. The number of aliphatic imine (C=N–C) groups is 2. The molecule has 0 bridgehead atoms. The van der Waals surface area contributed by atoms with Crippen LogP contribution in [0.4, 0.5) is 0 Å². The number of nitrogens with zero attached hydrogens (tertiary/aromatic N) is 4. The number of amides is 1. The molecule has 29 heavy (non-hydrogen) atoms. The zero-order valence-corrected chi connectivity index (χ0v) is 18.2. The Bertz CT molecular complexity index is 1150. The Morgan fingerprint density at radius 2 is 2.00 bits per heavy atom. The normalized spacial score (nSPS) is 24.5. The Kier molecular flexibility index (Phi) is 4.11. The summed E-state index contributed by atoms with van der Waals surface area (Å²) in [5.74, 6) is 0.699. The number of thioether (sulfide) groups is 1. The van der Waals surface area contributed by atoms with Crippen molar-refractivity contribution in [2.45, 2.75) is 53.9 Å². The van der Waals surface area contributed by atoms with Crippen molar-refractivity contribution in [1.29, 1.82) is 0 Å². The summed E-state index contributed by atoms with van der Waals surface area (Å²) in [6.45, 7) is 10.7. The maximum atomic E-state index is 13.1. The molecule has 2 aromatic rings. The average molecular weight is 409 g/mol. The van der Waals surface area contributed by atoms with E-state index in [0.717, 1.165) is 46.6 Å². The molecule has 4 heterocycles. The molecule has 0 fully saturated rings. The van der Waals surface area contributed by atoms with Crippen LogP contribution in [0.1, 0.15) is 57.0 Å². The van der Waals surface area contributed by atoms with Gasteiger partial charge in [-0.25, -0.2) is 9.98 Å². The van der Waals surface area contributed by atoms with E-state index in [1.165, 1.54) is 10.5 Å². The van der Waals surface area contributed by atoms with Crippen molar-refractivity contribution >= 4 is 39.6 Å². The van der Waals surface area contributed by atoms with Gasteiger partial charge in [0.25, 0.3) is 11.6 Å². The molecule has 0 saturated carbocycles. The highest BCUT2D eigenvalue weighted by molar-refractivity contribution is 8.17. The summed E-state index contributed by atoms with van der Waals surface area (Å²) in [6.07, 6.45) is 3.12. The first-order valence-corrected chi connectivity index (χ1v) is 10.9. The first-order chi connectivity index (χ1) is 13.7. The zero-order valence-electron chi connectivity index (χ0n) is 17.4. The van der Waals surface area contributed by atoms with Crippen LogP contribution in [0.5, 0.6) is 0 Å². The lowest BCUT2D eigenvalue weighted by Gasteiger charge is -2.34. The van der Waals surface area contributed by atoms with Gasteiger partial charge in [0, 0.05) is 11.3 Å². The van der Waals surface area contributed by atoms with Crippen molar-refractivity contribution in [1.82, 2.24) is 10.1 Å². The van der Waals surface area contributed by atoms with Crippen molar-refractivity contribution in [3.63, 3.8) is 0 Å². The number of pyridine rings is 1. The van der Waals surface area contributed by atoms with Crippen LogP contribution in [0.25, 0.3) is 11.1 Å². The minimum atomic E-state index is -0.276. The van der Waals surface area contributed by atoms with Crippen molar-refractivity contribution in [2.24, 2.45) is 27.2 Å². The fraction of sp³-hybridized carbons (Fsp3) is 0.500. The lowest BCUT2D eigenvalue weighted by Crippen LogP contribution is -2.28. The molecule has 5 rings (SSSR count). The highest BCUT2D eigenvalue weighted by Crippen LogP contribution is 2.52. The topological polar surface area (TPSA) is 80.7 Å². The molecular formula is C22H24N4O2S. The lowest BCUT2D eigenvalue weighted by atomic mass is 9.71. The van der Waals surface area contributed by atoms with Crippen LogP contribution in [-0.4, -0.2) is 26.9 Å². The minimum absolute atomic E-state index is 0.103. The Morgan fingerprint density at radius 3 is 2.76 bits per heavy atom. The first-order valence-electron chi connectivity index (χ1n) is 10.1. The molecule has 0 aromatic carbocycles. The van der Waals surface area contributed by atoms with Gasteiger partial charge in [-0.3, -0.25) is 4.79 Å². The number of carbonyl (C=O) groups is 1. The van der Waals surface area contributed by atoms with E-state index in [0.29, 0.717) is 17.5 Å². The summed E-state index contributed by atoms with van der Waals surface area (Å²) in [6, 6.07) is 1.91. The van der Waals surface area contributed by atoms with Gasteiger partial charge in [0.1, 0.15) is 5.92 Å². The lowest BCUT2D eigenvalue weighted by molar-refractivity contribution is -0.118. The Labute approximate surface area is 174 Å². The fourth-order valence-electron chi connectivity index (χ4n) is 4.57. The second-order valence-electron chi connectivity index (χ2n) is 9.27. The second-order valence-corrected chi connectivity index (χ2v) is 10.4. The molecule has 150 valence electrons. The summed E-state index contributed by atoms with van der Waals surface area (Å²) in [7, 11) is 0. The number of aryl methyl sites for hydroxylation is 2. The fourth-order valence-corrected chi connectivity index (χ4v) is 5.95. The van der Waals surface area contributed by atoms with Gasteiger partial charge in [0.15, 0.2) is 5.84 Å². The number of allylic oxidation sites excluding steroid dienone is 1. The summed E-state index contributed by atoms with van der Waals surface area (Å²) in [5, 5.41) is 5.68. The van der Waals surface area contributed by atoms with Crippen LogP contribution < -0.4 is 0 Å². The summed E-state index contributed by atoms with van der Waals surface area (Å²) < 4.78 is 5.33. The largest absolute Gasteiger partial charge is 0.336 e. The number of rotatable bonds is 1. The standard InChI is InChI=1S/C22H24N4O2S/c1-10-8-14(16-11(2)26-28-20(16)23-10)18-24-19(27)17-13-7-6-12(22(3,4)5)9-15(13)29-21(17)25-18/h8,12,17H,6-7,9H2,1-5H3. The first kappa shape index (κ1) is 18.7. The highest BCUT2D eigenvalue weighted by atomic mass is 32.2. The number of amidine groups is 1. The molecule has 0 N–H and O–H groups in total. The van der Waals surface area contributed by atoms with E-state index in [4.69, 9.17) is 9.52 Å². The third-order valence-electron chi connectivity index (χ3n) is 6.27. The monoisotopic (exact) mass is 408 g/mol. The van der Waals surface area contributed by atoms with Gasteiger partial charge in [0.05, 0.1) is 16.1 Å². The van der Waals surface area contributed by atoms with Crippen LogP contribution in [-0.2, 0) is 4.79 Å². The molecule has 0 spiro atoms. The Balaban J connectivity index is 1.54. The second kappa shape index (κ2) is 6.36. The van der Waals surface area contributed by atoms with E-state index < -0.39 is 0 Å². The van der Waals surface area contributed by atoms with E-state index in [1.54, 1.807) is 11.8 Å². The molecule has 6 nitrogen and oxygen atoms in total. The molecule has 1 aliphatic carbocycles. The summed E-state index contributed by atoms with van der Waals surface area (Å²) >= 11 is 1.69. The van der Waals surface area contributed by atoms with Crippen LogP contribution in [0, 0.1) is 31.1 Å². The summed E-state index contributed by atoms with van der Waals surface area (Å²) in [5.41, 5.74) is 4.25. The van der Waals surface area contributed by atoms with Crippen LogP contribution >= 0.6 is 11.8 Å². The number of hydrogen-bond donors (Lipinski definition) is 0. The van der Waals surface area contributed by atoms with Crippen LogP contribution in [0.15, 0.2) is 31.1 Å². The van der Waals surface area contributed by atoms with Gasteiger partial charge in [-0.1, -0.05) is 37.7 Å². The van der Waals surface area contributed by atoms with E-state index in [9.17, 15) is 4.79 Å². The Hall–Kier alpha value is -2.28. The predicted molar refractivity (Wildman–Crippen MR) is 115 cm³/mol. The van der Waals surface area contributed by atoms with Crippen molar-refractivity contribution in [3.8, 4) is 0 Å². The molecular weight excluding hydrogens is 384 g/mol. The van der Waals surface area contributed by atoms with E-state index in [1.807, 2.05) is 19.9 Å². The number of fused-ring (bicyclic) bond motifs is 3. The van der Waals surface area contributed by atoms with Crippen LogP contribution in [0.3, 0.4) is 0 Å². The smallest absolute Gasteiger partial charge is 0.261 e. The third kappa shape index (κ3) is 2.98. The quantitative estimate of drug-likeness (QED) is 0.664. The molecule has 0 radical (unpaired) electrons. The van der Waals surface area contributed by atoms with Gasteiger partial charge < -0.3 is 4.52 Å². The zero-order chi connectivity index (χ0) is 20.5. The molecule has 1 amide bonds. The predicted octanol–water partition coefficient (Wildman–Crippen LogP) is 4.99. The minimum Gasteiger partial charge on any atom is -0.336 e. The molecule has 2 aromatic heterocycles. The van der Waals surface area contributed by atoms with E-state index in [-0.39, 0.29) is 17.2 Å². The molecule has 3 aliphatic rings. The number of aromatic nitrogens is 2. The van der Waals surface area contributed by atoms with Crippen molar-refractivity contribution in [2.75, 3.05) is 0 Å². The van der Waals surface area contributed by atoms with Crippen LogP contribution in [0.2, 0.25) is 0 Å². The molecule has 7 heteroatoms. The number of carbonyl (C=O) groups excluding carboxylic acids is 1. The Morgan fingerprint density at radius 1 is 1.21 bits per heavy atom. The SMILES string of the molecule is Cc1cc(C2=NC(=O)C3C(=N2)SC2=C3CCC(C(C)(C)C)C2)c2c(C)noc2n1. The van der Waals surface area contributed by atoms with Gasteiger partial charge in [0.2, 0.25) is 0 Å².